The van der Waals surface area contributed by atoms with Gasteiger partial charge in [-0.15, -0.1) is 0 Å². The van der Waals surface area contributed by atoms with Gasteiger partial charge in [0.25, 0.3) is 11.8 Å². The molecule has 0 saturated heterocycles. The van der Waals surface area contributed by atoms with Gasteiger partial charge in [-0.05, 0) is 67.1 Å². The minimum Gasteiger partial charge on any atom is -0.399 e. The first kappa shape index (κ1) is 33.0. The minimum absolute atomic E-state index is 0.183. The third-order valence-electron chi connectivity index (χ3n) is 7.99. The first-order valence-corrected chi connectivity index (χ1v) is 17.7. The van der Waals surface area contributed by atoms with E-state index in [-0.39, 0.29) is 11.8 Å². The summed E-state index contributed by atoms with van der Waals surface area (Å²) in [6.45, 7) is 2.74. The summed E-state index contributed by atoms with van der Waals surface area (Å²) < 4.78 is 0. The predicted octanol–water partition coefficient (Wildman–Crippen LogP) is 10.2. The topological polar surface area (TPSA) is 89.4 Å². The monoisotopic (exact) mass is 617 g/mol. The van der Waals surface area contributed by atoms with Crippen LogP contribution in [0.3, 0.4) is 0 Å². The Morgan fingerprint density at radius 3 is 1.26 bits per heavy atom. The van der Waals surface area contributed by atoms with Crippen molar-refractivity contribution in [2.75, 3.05) is 18.0 Å². The zero-order valence-electron chi connectivity index (χ0n) is 25.6. The van der Waals surface area contributed by atoms with Crippen molar-refractivity contribution < 1.29 is 9.59 Å². The number of hydrogen-bond acceptors (Lipinski definition) is 6. The smallest absolute Gasteiger partial charge is 0.261 e. The van der Waals surface area contributed by atoms with E-state index >= 15 is 0 Å². The number of nitrogens with zero attached hydrogens (tertiary/aromatic N) is 1. The van der Waals surface area contributed by atoms with E-state index in [2.05, 4.69) is 6.92 Å². The van der Waals surface area contributed by atoms with Gasteiger partial charge in [-0.2, -0.15) is 0 Å². The molecular weight excluding hydrogens is 571 g/mol. The third kappa shape index (κ3) is 10.1. The molecule has 1 aliphatic rings. The fourth-order valence-corrected chi connectivity index (χ4v) is 7.42. The number of carbonyl (C=O) groups excluding carboxylic acids is 2. The van der Waals surface area contributed by atoms with Crippen molar-refractivity contribution in [3.63, 3.8) is 0 Å². The summed E-state index contributed by atoms with van der Waals surface area (Å²) in [5.41, 5.74) is 14.2. The van der Waals surface area contributed by atoms with E-state index < -0.39 is 0 Å². The molecule has 0 atom stereocenters. The molecule has 3 aromatic carbocycles. The first-order valence-electron chi connectivity index (χ1n) is 16.1. The van der Waals surface area contributed by atoms with E-state index in [0.717, 1.165) is 38.8 Å². The highest BCUT2D eigenvalue weighted by Gasteiger charge is 2.36. The standard InChI is InChI=1S/C36H47N3O2S2/c1-2-3-4-5-6-7-8-9-10-11-12-13-14-15-24-39-35(40)31-25-33(42-29-20-16-27(37)17-21-29)34(26-32(31)36(39)41)43-30-22-18-28(38)19-23-30/h16-23,25-26H,2-15,24,37-38H2,1H3. The van der Waals surface area contributed by atoms with Crippen LogP contribution in [0.2, 0.25) is 0 Å². The molecule has 4 rings (SSSR count). The zero-order chi connectivity index (χ0) is 30.4. The molecule has 3 aromatic rings. The molecule has 230 valence electrons. The number of carbonyl (C=O) groups is 2. The Kier molecular flexibility index (Phi) is 13.4. The minimum atomic E-state index is -0.183. The van der Waals surface area contributed by atoms with Crippen LogP contribution in [-0.4, -0.2) is 23.3 Å². The second-order valence-electron chi connectivity index (χ2n) is 11.5. The van der Waals surface area contributed by atoms with Crippen LogP contribution in [0.25, 0.3) is 0 Å². The number of nitrogen functional groups attached to an aromatic ring is 2. The van der Waals surface area contributed by atoms with Crippen LogP contribution in [0, 0.1) is 0 Å². The van der Waals surface area contributed by atoms with Crippen molar-refractivity contribution in [2.24, 2.45) is 0 Å². The maximum absolute atomic E-state index is 13.4. The number of unbranched alkanes of at least 4 members (excludes halogenated alkanes) is 13. The lowest BCUT2D eigenvalue weighted by atomic mass is 10.0. The number of anilines is 2. The number of benzene rings is 3. The normalized spacial score (nSPS) is 12.7. The molecule has 1 aliphatic heterocycles. The van der Waals surface area contributed by atoms with Crippen LogP contribution in [0.5, 0.6) is 0 Å². The zero-order valence-corrected chi connectivity index (χ0v) is 27.2. The van der Waals surface area contributed by atoms with Gasteiger partial charge >= 0.3 is 0 Å². The number of nitrogens with two attached hydrogens (primary N) is 2. The molecule has 0 saturated carbocycles. The largest absolute Gasteiger partial charge is 0.399 e. The lowest BCUT2D eigenvalue weighted by Gasteiger charge is -2.13. The number of fused-ring (bicyclic) bond motifs is 1. The molecule has 0 aromatic heterocycles. The second kappa shape index (κ2) is 17.4. The average molecular weight is 618 g/mol. The Morgan fingerprint density at radius 1 is 0.535 bits per heavy atom. The Balaban J connectivity index is 1.28. The number of imide groups is 1. The molecule has 1 heterocycles. The van der Waals surface area contributed by atoms with Gasteiger partial charge in [-0.3, -0.25) is 14.5 Å². The Labute approximate surface area is 266 Å². The fraction of sp³-hybridized carbons (Fsp3) is 0.444. The maximum atomic E-state index is 13.4. The predicted molar refractivity (Wildman–Crippen MR) is 182 cm³/mol. The van der Waals surface area contributed by atoms with Crippen LogP contribution in [0.4, 0.5) is 11.4 Å². The number of amides is 2. The van der Waals surface area contributed by atoms with Gasteiger partial charge in [0.15, 0.2) is 0 Å². The summed E-state index contributed by atoms with van der Waals surface area (Å²) in [6.07, 6.45) is 17.9. The Bertz CT molecular complexity index is 1240. The summed E-state index contributed by atoms with van der Waals surface area (Å²) in [5.74, 6) is -0.365. The van der Waals surface area contributed by atoms with Gasteiger partial charge in [-0.1, -0.05) is 114 Å². The molecule has 2 amide bonds. The summed E-state index contributed by atoms with van der Waals surface area (Å²) in [7, 11) is 0. The molecule has 0 bridgehead atoms. The lowest BCUT2D eigenvalue weighted by Crippen LogP contribution is -2.30. The van der Waals surface area contributed by atoms with Crippen molar-refractivity contribution in [2.45, 2.75) is 116 Å². The highest BCUT2D eigenvalue weighted by molar-refractivity contribution is 8.02. The summed E-state index contributed by atoms with van der Waals surface area (Å²) in [6, 6.07) is 19.2. The summed E-state index contributed by atoms with van der Waals surface area (Å²) in [4.78, 5) is 32.1. The molecule has 0 aliphatic carbocycles. The van der Waals surface area contributed by atoms with E-state index in [1.807, 2.05) is 60.7 Å². The van der Waals surface area contributed by atoms with Gasteiger partial charge in [0.05, 0.1) is 11.1 Å². The van der Waals surface area contributed by atoms with Crippen LogP contribution in [-0.2, 0) is 0 Å². The van der Waals surface area contributed by atoms with E-state index in [4.69, 9.17) is 11.5 Å². The molecule has 43 heavy (non-hydrogen) atoms. The average Bonchev–Trinajstić information content (AvgIpc) is 3.23. The molecule has 0 fully saturated rings. The SMILES string of the molecule is CCCCCCCCCCCCCCCCN1C(=O)c2cc(Sc3ccc(N)cc3)c(Sc3ccc(N)cc3)cc2C1=O. The van der Waals surface area contributed by atoms with Crippen molar-refractivity contribution in [1.82, 2.24) is 4.90 Å². The van der Waals surface area contributed by atoms with Crippen molar-refractivity contribution in [3.05, 3.63) is 71.8 Å². The molecule has 0 spiro atoms. The first-order chi connectivity index (χ1) is 21.0. The van der Waals surface area contributed by atoms with E-state index in [9.17, 15) is 9.59 Å². The van der Waals surface area contributed by atoms with E-state index in [0.29, 0.717) is 29.0 Å². The van der Waals surface area contributed by atoms with Gasteiger partial charge in [0.2, 0.25) is 0 Å². The lowest BCUT2D eigenvalue weighted by molar-refractivity contribution is 0.0651. The highest BCUT2D eigenvalue weighted by atomic mass is 32.2. The fourth-order valence-electron chi connectivity index (χ4n) is 5.45. The maximum Gasteiger partial charge on any atom is 0.261 e. The number of hydrogen-bond donors (Lipinski definition) is 2. The van der Waals surface area contributed by atoms with Crippen LogP contribution in [0.1, 0.15) is 118 Å². The Hall–Kier alpha value is -2.90. The summed E-state index contributed by atoms with van der Waals surface area (Å²) in [5, 5.41) is 0. The van der Waals surface area contributed by atoms with Gasteiger partial charge in [0.1, 0.15) is 0 Å². The van der Waals surface area contributed by atoms with E-state index in [1.54, 1.807) is 23.5 Å². The van der Waals surface area contributed by atoms with Crippen LogP contribution in [0.15, 0.2) is 80.2 Å². The molecule has 0 unspecified atom stereocenters. The molecular formula is C36H47N3O2S2. The van der Waals surface area contributed by atoms with Gasteiger partial charge in [-0.25, -0.2) is 0 Å². The summed E-state index contributed by atoms with van der Waals surface area (Å²) >= 11 is 3.14. The van der Waals surface area contributed by atoms with Gasteiger partial charge in [0, 0.05) is 37.5 Å². The third-order valence-corrected chi connectivity index (χ3v) is 10.2. The second-order valence-corrected chi connectivity index (χ2v) is 13.8. The molecule has 4 N–H and O–H groups in total. The van der Waals surface area contributed by atoms with Crippen LogP contribution >= 0.6 is 23.5 Å². The molecule has 0 radical (unpaired) electrons. The van der Waals surface area contributed by atoms with E-state index in [1.165, 1.54) is 75.5 Å². The van der Waals surface area contributed by atoms with Crippen molar-refractivity contribution in [1.29, 1.82) is 0 Å². The van der Waals surface area contributed by atoms with Gasteiger partial charge < -0.3 is 11.5 Å². The van der Waals surface area contributed by atoms with Crippen LogP contribution < -0.4 is 11.5 Å². The highest BCUT2D eigenvalue weighted by Crippen LogP contribution is 2.42. The van der Waals surface area contributed by atoms with Crippen molar-refractivity contribution >= 4 is 46.7 Å². The Morgan fingerprint density at radius 2 is 0.884 bits per heavy atom. The quantitative estimate of drug-likeness (QED) is 0.0790. The number of rotatable bonds is 19. The van der Waals surface area contributed by atoms with Crippen molar-refractivity contribution in [3.8, 4) is 0 Å². The molecule has 7 heteroatoms. The molecule has 5 nitrogen and oxygen atoms in total.